The van der Waals surface area contributed by atoms with Gasteiger partial charge < -0.3 is 5.32 Å². The second-order valence-corrected chi connectivity index (χ2v) is 4.15. The number of aromatic nitrogens is 2. The van der Waals surface area contributed by atoms with Crippen molar-refractivity contribution in [3.8, 4) is 0 Å². The molecule has 0 aromatic carbocycles. The largest absolute Gasteiger partial charge is 0.379 e. The van der Waals surface area contributed by atoms with Gasteiger partial charge in [0.05, 0.1) is 17.6 Å². The van der Waals surface area contributed by atoms with E-state index in [4.69, 9.17) is 0 Å². The lowest BCUT2D eigenvalue weighted by Crippen LogP contribution is -2.04. The van der Waals surface area contributed by atoms with Crippen molar-refractivity contribution in [2.24, 2.45) is 7.05 Å². The Labute approximate surface area is 84.8 Å². The SMILES string of the molecule is C=C(C)CNc1cnn(C)c1C1CC1. The second-order valence-electron chi connectivity index (χ2n) is 4.15. The Hall–Kier alpha value is -1.25. The molecule has 3 heteroatoms. The summed E-state index contributed by atoms with van der Waals surface area (Å²) in [5, 5.41) is 7.65. The zero-order valence-electron chi connectivity index (χ0n) is 8.88. The van der Waals surface area contributed by atoms with Crippen LogP contribution in [0.3, 0.4) is 0 Å². The van der Waals surface area contributed by atoms with Crippen molar-refractivity contribution in [3.63, 3.8) is 0 Å². The Morgan fingerprint density at radius 3 is 3.00 bits per heavy atom. The van der Waals surface area contributed by atoms with E-state index in [2.05, 4.69) is 17.0 Å². The van der Waals surface area contributed by atoms with Crippen LogP contribution in [0.1, 0.15) is 31.4 Å². The molecule has 0 amide bonds. The first kappa shape index (κ1) is 9.31. The van der Waals surface area contributed by atoms with Crippen molar-refractivity contribution in [3.05, 3.63) is 24.0 Å². The fourth-order valence-electron chi connectivity index (χ4n) is 1.67. The second kappa shape index (κ2) is 3.48. The minimum Gasteiger partial charge on any atom is -0.379 e. The Balaban J connectivity index is 2.12. The molecule has 14 heavy (non-hydrogen) atoms. The summed E-state index contributed by atoms with van der Waals surface area (Å²) < 4.78 is 1.98. The molecule has 76 valence electrons. The number of nitrogens with one attached hydrogen (secondary N) is 1. The molecule has 1 N–H and O–H groups in total. The van der Waals surface area contributed by atoms with Gasteiger partial charge in [0, 0.05) is 19.5 Å². The zero-order valence-corrected chi connectivity index (χ0v) is 8.88. The summed E-state index contributed by atoms with van der Waals surface area (Å²) >= 11 is 0. The quantitative estimate of drug-likeness (QED) is 0.740. The van der Waals surface area contributed by atoms with Gasteiger partial charge in [-0.05, 0) is 19.8 Å². The molecule has 0 aliphatic heterocycles. The predicted molar refractivity (Wildman–Crippen MR) is 58.5 cm³/mol. The predicted octanol–water partition coefficient (Wildman–Crippen LogP) is 2.29. The molecule has 1 aromatic heterocycles. The fraction of sp³-hybridized carbons (Fsp3) is 0.545. The first-order chi connectivity index (χ1) is 6.68. The summed E-state index contributed by atoms with van der Waals surface area (Å²) in [4.78, 5) is 0. The number of rotatable bonds is 4. The van der Waals surface area contributed by atoms with E-state index < -0.39 is 0 Å². The van der Waals surface area contributed by atoms with Crippen molar-refractivity contribution in [1.29, 1.82) is 0 Å². The van der Waals surface area contributed by atoms with Crippen LogP contribution >= 0.6 is 0 Å². The molecule has 1 aliphatic carbocycles. The maximum Gasteiger partial charge on any atom is 0.0764 e. The number of hydrogen-bond donors (Lipinski definition) is 1. The molecule has 3 nitrogen and oxygen atoms in total. The van der Waals surface area contributed by atoms with Gasteiger partial charge in [0.25, 0.3) is 0 Å². The Kier molecular flexibility index (Phi) is 2.32. The van der Waals surface area contributed by atoms with Gasteiger partial charge in [-0.3, -0.25) is 4.68 Å². The number of nitrogens with zero attached hydrogens (tertiary/aromatic N) is 2. The first-order valence-electron chi connectivity index (χ1n) is 5.08. The summed E-state index contributed by atoms with van der Waals surface area (Å²) in [5.41, 5.74) is 3.68. The lowest BCUT2D eigenvalue weighted by atomic mass is 10.2. The lowest BCUT2D eigenvalue weighted by Gasteiger charge is -2.07. The van der Waals surface area contributed by atoms with Crippen LogP contribution in [0.25, 0.3) is 0 Å². The minimum absolute atomic E-state index is 0.732. The van der Waals surface area contributed by atoms with Gasteiger partial charge in [0.15, 0.2) is 0 Å². The third kappa shape index (κ3) is 1.81. The zero-order chi connectivity index (χ0) is 10.1. The van der Waals surface area contributed by atoms with E-state index in [0.717, 1.165) is 18.0 Å². The number of anilines is 1. The molecule has 0 unspecified atom stereocenters. The average molecular weight is 191 g/mol. The van der Waals surface area contributed by atoms with E-state index in [1.165, 1.54) is 24.2 Å². The smallest absolute Gasteiger partial charge is 0.0764 e. The van der Waals surface area contributed by atoms with Crippen LogP contribution < -0.4 is 5.32 Å². The highest BCUT2D eigenvalue weighted by Crippen LogP contribution is 2.43. The van der Waals surface area contributed by atoms with Gasteiger partial charge in [-0.15, -0.1) is 0 Å². The van der Waals surface area contributed by atoms with Gasteiger partial charge in [-0.1, -0.05) is 12.2 Å². The molecule has 0 bridgehead atoms. The topological polar surface area (TPSA) is 29.9 Å². The first-order valence-corrected chi connectivity index (χ1v) is 5.08. The van der Waals surface area contributed by atoms with Crippen molar-refractivity contribution in [2.45, 2.75) is 25.7 Å². The highest BCUT2D eigenvalue weighted by atomic mass is 15.3. The molecule has 0 radical (unpaired) electrons. The third-order valence-electron chi connectivity index (χ3n) is 2.53. The highest BCUT2D eigenvalue weighted by molar-refractivity contribution is 5.50. The summed E-state index contributed by atoms with van der Waals surface area (Å²) in [5.74, 6) is 0.732. The van der Waals surface area contributed by atoms with Gasteiger partial charge in [0.2, 0.25) is 0 Å². The molecular weight excluding hydrogens is 174 g/mol. The number of hydrogen-bond acceptors (Lipinski definition) is 2. The van der Waals surface area contributed by atoms with Crippen LogP contribution in [0.15, 0.2) is 18.3 Å². The molecular formula is C11H17N3. The van der Waals surface area contributed by atoms with Crippen LogP contribution in [0.5, 0.6) is 0 Å². The summed E-state index contributed by atoms with van der Waals surface area (Å²) in [6, 6.07) is 0. The van der Waals surface area contributed by atoms with E-state index >= 15 is 0 Å². The molecule has 1 aliphatic rings. The van der Waals surface area contributed by atoms with Crippen molar-refractivity contribution in [2.75, 3.05) is 11.9 Å². The molecule has 0 spiro atoms. The molecule has 1 fully saturated rings. The molecule has 1 saturated carbocycles. The molecule has 0 saturated heterocycles. The maximum atomic E-state index is 4.28. The van der Waals surface area contributed by atoms with Gasteiger partial charge in [0.1, 0.15) is 0 Å². The van der Waals surface area contributed by atoms with E-state index in [1.54, 1.807) is 0 Å². The van der Waals surface area contributed by atoms with Crippen LogP contribution in [-0.2, 0) is 7.05 Å². The third-order valence-corrected chi connectivity index (χ3v) is 2.53. The summed E-state index contributed by atoms with van der Waals surface area (Å²) in [6.45, 7) is 6.74. The Morgan fingerprint density at radius 2 is 2.43 bits per heavy atom. The lowest BCUT2D eigenvalue weighted by molar-refractivity contribution is 0.714. The molecule has 2 rings (SSSR count). The maximum absolute atomic E-state index is 4.28. The van der Waals surface area contributed by atoms with Crippen LogP contribution in [-0.4, -0.2) is 16.3 Å². The van der Waals surface area contributed by atoms with E-state index in [-0.39, 0.29) is 0 Å². The van der Waals surface area contributed by atoms with Crippen LogP contribution in [0, 0.1) is 0 Å². The monoisotopic (exact) mass is 191 g/mol. The average Bonchev–Trinajstić information content (AvgIpc) is 2.88. The molecule has 1 heterocycles. The van der Waals surface area contributed by atoms with Crippen molar-refractivity contribution >= 4 is 5.69 Å². The summed E-state index contributed by atoms with van der Waals surface area (Å²) in [6.07, 6.45) is 4.53. The van der Waals surface area contributed by atoms with Crippen molar-refractivity contribution in [1.82, 2.24) is 9.78 Å². The van der Waals surface area contributed by atoms with Gasteiger partial charge in [-0.25, -0.2) is 0 Å². The Morgan fingerprint density at radius 1 is 1.71 bits per heavy atom. The summed E-state index contributed by atoms with van der Waals surface area (Å²) in [7, 11) is 2.01. The fourth-order valence-corrected chi connectivity index (χ4v) is 1.67. The van der Waals surface area contributed by atoms with Crippen LogP contribution in [0.4, 0.5) is 5.69 Å². The van der Waals surface area contributed by atoms with Gasteiger partial charge >= 0.3 is 0 Å². The van der Waals surface area contributed by atoms with Gasteiger partial charge in [-0.2, -0.15) is 5.10 Å². The normalized spacial score (nSPS) is 15.6. The van der Waals surface area contributed by atoms with Crippen molar-refractivity contribution < 1.29 is 0 Å². The highest BCUT2D eigenvalue weighted by Gasteiger charge is 2.29. The Bertz CT molecular complexity index is 347. The minimum atomic E-state index is 0.732. The number of aryl methyl sites for hydroxylation is 1. The van der Waals surface area contributed by atoms with Crippen LogP contribution in [0.2, 0.25) is 0 Å². The van der Waals surface area contributed by atoms with E-state index in [1.807, 2.05) is 24.9 Å². The standard InChI is InChI=1S/C11H17N3/c1-8(2)6-12-10-7-13-14(3)11(10)9-4-5-9/h7,9,12H,1,4-6H2,2-3H3. The molecule has 1 aromatic rings. The molecule has 0 atom stereocenters. The van der Waals surface area contributed by atoms with E-state index in [9.17, 15) is 0 Å². The van der Waals surface area contributed by atoms with E-state index in [0.29, 0.717) is 0 Å².